The fourth-order valence-corrected chi connectivity index (χ4v) is 3.92. The van der Waals surface area contributed by atoms with Gasteiger partial charge in [0.05, 0.1) is 42.3 Å². The third kappa shape index (κ3) is 4.53. The quantitative estimate of drug-likeness (QED) is 0.462. The van der Waals surface area contributed by atoms with Gasteiger partial charge in [0.1, 0.15) is 5.82 Å². The van der Waals surface area contributed by atoms with E-state index in [1.807, 2.05) is 0 Å². The van der Waals surface area contributed by atoms with Gasteiger partial charge in [0.15, 0.2) is 14.9 Å². The van der Waals surface area contributed by atoms with Gasteiger partial charge in [-0.1, -0.05) is 0 Å². The second kappa shape index (κ2) is 8.58. The van der Waals surface area contributed by atoms with E-state index in [9.17, 15) is 17.6 Å². The molecule has 1 N–H and O–H groups in total. The van der Waals surface area contributed by atoms with Crippen molar-refractivity contribution in [3.63, 3.8) is 0 Å². The lowest BCUT2D eigenvalue weighted by Crippen LogP contribution is -2.27. The van der Waals surface area contributed by atoms with Gasteiger partial charge >= 0.3 is 0 Å². The van der Waals surface area contributed by atoms with Crippen LogP contribution in [0.2, 0.25) is 0 Å². The highest BCUT2D eigenvalue weighted by atomic mass is 32.2. The summed E-state index contributed by atoms with van der Waals surface area (Å²) in [5.41, 5.74) is 2.00. The summed E-state index contributed by atoms with van der Waals surface area (Å²) in [6, 6.07) is 8.20. The summed E-state index contributed by atoms with van der Waals surface area (Å²) < 4.78 is 43.9. The number of benzene rings is 1. The lowest BCUT2D eigenvalue weighted by atomic mass is 10.1. The van der Waals surface area contributed by atoms with Crippen molar-refractivity contribution >= 4 is 26.6 Å². The molecule has 1 unspecified atom stereocenters. The maximum Gasteiger partial charge on any atom is 0.254 e. The number of nitrogens with zero attached hydrogens (tertiary/aromatic N) is 4. The van der Waals surface area contributed by atoms with Gasteiger partial charge < -0.3 is 10.1 Å². The average Bonchev–Trinajstić information content (AvgIpc) is 3.22. The Morgan fingerprint density at radius 1 is 1.15 bits per heavy atom. The molecule has 0 aliphatic heterocycles. The molecule has 0 aliphatic carbocycles. The number of amides is 1. The number of rotatable bonds is 6. The summed E-state index contributed by atoms with van der Waals surface area (Å²) in [6.07, 6.45) is 5.58. The molecular formula is C22H20FN5O4S. The molecule has 0 saturated heterocycles. The van der Waals surface area contributed by atoms with Gasteiger partial charge in [-0.25, -0.2) is 22.5 Å². The molecule has 0 radical (unpaired) electrons. The first-order valence-corrected chi connectivity index (χ1v) is 11.7. The second-order valence-electron chi connectivity index (χ2n) is 7.40. The fourth-order valence-electron chi connectivity index (χ4n) is 3.31. The molecule has 33 heavy (non-hydrogen) atoms. The van der Waals surface area contributed by atoms with Crippen LogP contribution in [0.25, 0.3) is 16.6 Å². The number of sulfone groups is 1. The number of carbonyl (C=O) groups excluding carboxylic acids is 1. The molecule has 3 aromatic heterocycles. The van der Waals surface area contributed by atoms with Gasteiger partial charge in [-0.15, -0.1) is 0 Å². The van der Waals surface area contributed by atoms with E-state index in [1.165, 1.54) is 37.7 Å². The third-order valence-electron chi connectivity index (χ3n) is 5.05. The zero-order chi connectivity index (χ0) is 23.8. The Hall–Kier alpha value is -3.86. The Morgan fingerprint density at radius 3 is 2.55 bits per heavy atom. The number of hydrogen-bond donors (Lipinski definition) is 1. The van der Waals surface area contributed by atoms with Crippen LogP contribution in [0.15, 0.2) is 60.0 Å². The van der Waals surface area contributed by atoms with Crippen LogP contribution in [0.4, 0.5) is 4.39 Å². The van der Waals surface area contributed by atoms with Gasteiger partial charge in [-0.2, -0.15) is 5.10 Å². The first-order chi connectivity index (χ1) is 15.7. The Bertz CT molecular complexity index is 1450. The molecule has 0 saturated carbocycles. The summed E-state index contributed by atoms with van der Waals surface area (Å²) in [5, 5.41) is 7.57. The molecule has 3 heterocycles. The van der Waals surface area contributed by atoms with Crippen molar-refractivity contribution in [2.75, 3.05) is 13.4 Å². The van der Waals surface area contributed by atoms with E-state index >= 15 is 0 Å². The Kier molecular flexibility index (Phi) is 5.81. The summed E-state index contributed by atoms with van der Waals surface area (Å²) in [7, 11) is -2.19. The van der Waals surface area contributed by atoms with Crippen LogP contribution in [-0.4, -0.2) is 47.4 Å². The van der Waals surface area contributed by atoms with Gasteiger partial charge in [0.25, 0.3) is 5.91 Å². The van der Waals surface area contributed by atoms with Crippen molar-refractivity contribution in [2.45, 2.75) is 18.0 Å². The number of hydrogen-bond acceptors (Lipinski definition) is 7. The highest BCUT2D eigenvalue weighted by molar-refractivity contribution is 7.90. The molecule has 0 spiro atoms. The smallest absolute Gasteiger partial charge is 0.254 e. The van der Waals surface area contributed by atoms with Crippen LogP contribution >= 0.6 is 0 Å². The summed E-state index contributed by atoms with van der Waals surface area (Å²) in [5.74, 6) is -0.663. The number of halogens is 1. The number of nitrogens with one attached hydrogen (secondary N) is 1. The van der Waals surface area contributed by atoms with E-state index in [4.69, 9.17) is 4.74 Å². The zero-order valence-electron chi connectivity index (χ0n) is 18.0. The average molecular weight is 469 g/mol. The van der Waals surface area contributed by atoms with Crippen molar-refractivity contribution in [1.82, 2.24) is 25.1 Å². The molecule has 4 rings (SSSR count). The predicted molar refractivity (Wildman–Crippen MR) is 119 cm³/mol. The lowest BCUT2D eigenvalue weighted by molar-refractivity contribution is 0.0941. The van der Waals surface area contributed by atoms with Crippen LogP contribution < -0.4 is 10.1 Å². The van der Waals surface area contributed by atoms with E-state index in [2.05, 4.69) is 20.4 Å². The SMILES string of the molecule is COc1cc(C(C)NC(=O)c2cncc3c2cnn3-c2ccc(F)cc2)cc(S(C)(=O)=O)n1. The van der Waals surface area contributed by atoms with Crippen LogP contribution in [0.3, 0.4) is 0 Å². The van der Waals surface area contributed by atoms with Gasteiger partial charge in [-0.3, -0.25) is 9.78 Å². The van der Waals surface area contributed by atoms with Crippen molar-refractivity contribution < 1.29 is 22.3 Å². The Balaban J connectivity index is 1.65. The van der Waals surface area contributed by atoms with Crippen LogP contribution in [0.5, 0.6) is 5.88 Å². The molecule has 0 bridgehead atoms. The first-order valence-electron chi connectivity index (χ1n) is 9.82. The number of carbonyl (C=O) groups is 1. The van der Waals surface area contributed by atoms with E-state index in [0.717, 1.165) is 6.26 Å². The fraction of sp³-hybridized carbons (Fsp3) is 0.182. The molecule has 0 aliphatic rings. The topological polar surface area (TPSA) is 116 Å². The molecule has 1 aromatic carbocycles. The molecule has 0 fully saturated rings. The first kappa shape index (κ1) is 22.3. The van der Waals surface area contributed by atoms with Crippen molar-refractivity contribution in [3.8, 4) is 11.6 Å². The van der Waals surface area contributed by atoms with Gasteiger partial charge in [0, 0.05) is 23.9 Å². The number of aromatic nitrogens is 4. The molecule has 1 atom stereocenters. The number of methoxy groups -OCH3 is 1. The normalized spacial score (nSPS) is 12.5. The van der Waals surface area contributed by atoms with Crippen molar-refractivity contribution in [3.05, 3.63) is 71.9 Å². The predicted octanol–water partition coefficient (Wildman–Crippen LogP) is 2.86. The summed E-state index contributed by atoms with van der Waals surface area (Å²) in [6.45, 7) is 1.72. The minimum atomic E-state index is -3.58. The minimum absolute atomic E-state index is 0.123. The summed E-state index contributed by atoms with van der Waals surface area (Å²) in [4.78, 5) is 21.2. The van der Waals surface area contributed by atoms with E-state index < -0.39 is 21.8 Å². The van der Waals surface area contributed by atoms with Crippen LogP contribution in [0.1, 0.15) is 28.9 Å². The Labute approximate surface area is 189 Å². The van der Waals surface area contributed by atoms with Gasteiger partial charge in [0.2, 0.25) is 5.88 Å². The van der Waals surface area contributed by atoms with E-state index in [-0.39, 0.29) is 22.3 Å². The standard InChI is InChI=1S/C22H20FN5O4S/c1-13(14-8-20(32-2)27-21(9-14)33(3,30)31)26-22(29)18-10-24-12-19-17(18)11-25-28(19)16-6-4-15(23)5-7-16/h4-13H,1-3H3,(H,26,29). The number of fused-ring (bicyclic) bond motifs is 1. The zero-order valence-corrected chi connectivity index (χ0v) is 18.8. The largest absolute Gasteiger partial charge is 0.481 e. The molecule has 170 valence electrons. The van der Waals surface area contributed by atoms with Crippen molar-refractivity contribution in [2.24, 2.45) is 0 Å². The number of pyridine rings is 2. The molecule has 11 heteroatoms. The highest BCUT2D eigenvalue weighted by Gasteiger charge is 2.20. The second-order valence-corrected chi connectivity index (χ2v) is 9.36. The maximum absolute atomic E-state index is 13.3. The third-order valence-corrected chi connectivity index (χ3v) is 6.02. The van der Waals surface area contributed by atoms with E-state index in [0.29, 0.717) is 22.2 Å². The molecule has 4 aromatic rings. The molecule has 1 amide bonds. The monoisotopic (exact) mass is 469 g/mol. The van der Waals surface area contributed by atoms with Crippen LogP contribution in [0, 0.1) is 5.82 Å². The lowest BCUT2D eigenvalue weighted by Gasteiger charge is -2.16. The summed E-state index contributed by atoms with van der Waals surface area (Å²) >= 11 is 0. The highest BCUT2D eigenvalue weighted by Crippen LogP contribution is 2.24. The number of ether oxygens (including phenoxy) is 1. The Morgan fingerprint density at radius 2 is 1.88 bits per heavy atom. The molecule has 9 nitrogen and oxygen atoms in total. The van der Waals surface area contributed by atoms with Gasteiger partial charge in [-0.05, 0) is 42.8 Å². The maximum atomic E-state index is 13.3. The van der Waals surface area contributed by atoms with Crippen LogP contribution in [-0.2, 0) is 9.84 Å². The molecular weight excluding hydrogens is 449 g/mol. The van der Waals surface area contributed by atoms with E-state index in [1.54, 1.807) is 36.0 Å². The minimum Gasteiger partial charge on any atom is -0.481 e. The van der Waals surface area contributed by atoms with Crippen molar-refractivity contribution in [1.29, 1.82) is 0 Å².